The van der Waals surface area contributed by atoms with E-state index in [9.17, 15) is 13.2 Å². The van der Waals surface area contributed by atoms with Gasteiger partial charge >= 0.3 is 0 Å². The number of aryl methyl sites for hydroxylation is 1. The van der Waals surface area contributed by atoms with Gasteiger partial charge in [-0.2, -0.15) is 4.31 Å². The second kappa shape index (κ2) is 9.69. The summed E-state index contributed by atoms with van der Waals surface area (Å²) in [6.45, 7) is 9.94. The van der Waals surface area contributed by atoms with Gasteiger partial charge in [-0.3, -0.25) is 4.79 Å². The van der Waals surface area contributed by atoms with Crippen LogP contribution < -0.4 is 10.6 Å². The predicted octanol–water partition coefficient (Wildman–Crippen LogP) is 2.69. The number of piperidine rings is 1. The molecule has 0 saturated carbocycles. The smallest absolute Gasteiger partial charge is 0.243 e. The van der Waals surface area contributed by atoms with Crippen molar-refractivity contribution in [1.29, 1.82) is 0 Å². The number of halogens is 1. The molecule has 2 N–H and O–H groups in total. The number of amides is 1. The Bertz CT molecular complexity index is 727. The number of rotatable bonds is 6. The molecule has 8 heteroatoms. The minimum atomic E-state index is -3.55. The lowest BCUT2D eigenvalue weighted by Crippen LogP contribution is -2.35. The quantitative estimate of drug-likeness (QED) is 0.765. The number of anilines is 1. The van der Waals surface area contributed by atoms with Crippen molar-refractivity contribution in [3.63, 3.8) is 0 Å². The Labute approximate surface area is 163 Å². The lowest BCUT2D eigenvalue weighted by molar-refractivity contribution is -0.120. The molecule has 1 aromatic carbocycles. The van der Waals surface area contributed by atoms with Crippen LogP contribution in [0.4, 0.5) is 5.69 Å². The summed E-state index contributed by atoms with van der Waals surface area (Å²) in [4.78, 5) is 12.8. The summed E-state index contributed by atoms with van der Waals surface area (Å²) in [5, 5.41) is 6.20. The molecule has 2 rings (SSSR count). The van der Waals surface area contributed by atoms with E-state index in [1.807, 2.05) is 27.7 Å². The standard InChI is InChI=1S/C18H29N3O3S.ClH/c1-5-21(6-2)25(23,24)16-11-13(3)14(4)17(12-16)20-18(22)15-7-9-19-10-8-15;/h11-12,15,19H,5-10H2,1-4H3,(H,20,22);1H. The Kier molecular flexibility index (Phi) is 8.53. The predicted molar refractivity (Wildman–Crippen MR) is 107 cm³/mol. The fraction of sp³-hybridized carbons (Fsp3) is 0.611. The minimum Gasteiger partial charge on any atom is -0.326 e. The van der Waals surface area contributed by atoms with Gasteiger partial charge in [0.05, 0.1) is 4.90 Å². The highest BCUT2D eigenvalue weighted by Crippen LogP contribution is 2.27. The van der Waals surface area contributed by atoms with Gasteiger partial charge < -0.3 is 10.6 Å². The van der Waals surface area contributed by atoms with E-state index in [1.165, 1.54) is 4.31 Å². The second-order valence-corrected chi connectivity index (χ2v) is 8.45. The summed E-state index contributed by atoms with van der Waals surface area (Å²) in [5.74, 6) is -0.0506. The molecule has 26 heavy (non-hydrogen) atoms. The van der Waals surface area contributed by atoms with Gasteiger partial charge in [0.2, 0.25) is 15.9 Å². The first-order valence-electron chi connectivity index (χ1n) is 8.94. The summed E-state index contributed by atoms with van der Waals surface area (Å²) in [5.41, 5.74) is 2.35. The molecular formula is C18H30ClN3O3S. The zero-order valence-corrected chi connectivity index (χ0v) is 17.6. The van der Waals surface area contributed by atoms with Crippen LogP contribution in [0.25, 0.3) is 0 Å². The molecule has 0 aromatic heterocycles. The van der Waals surface area contributed by atoms with E-state index in [2.05, 4.69) is 10.6 Å². The van der Waals surface area contributed by atoms with Crippen LogP contribution in [0.5, 0.6) is 0 Å². The number of benzene rings is 1. The number of carbonyl (C=O) groups is 1. The maximum atomic E-state index is 12.8. The molecule has 0 aliphatic carbocycles. The van der Waals surface area contributed by atoms with Crippen LogP contribution in [0.2, 0.25) is 0 Å². The monoisotopic (exact) mass is 403 g/mol. The third-order valence-corrected chi connectivity index (χ3v) is 6.98. The Hall–Kier alpha value is -1.15. The molecule has 148 valence electrons. The number of sulfonamides is 1. The second-order valence-electron chi connectivity index (χ2n) is 6.52. The molecular weight excluding hydrogens is 374 g/mol. The number of hydrogen-bond donors (Lipinski definition) is 2. The molecule has 1 aromatic rings. The fourth-order valence-corrected chi connectivity index (χ4v) is 4.71. The van der Waals surface area contributed by atoms with E-state index >= 15 is 0 Å². The van der Waals surface area contributed by atoms with Gasteiger partial charge in [-0.1, -0.05) is 13.8 Å². The van der Waals surface area contributed by atoms with E-state index in [0.29, 0.717) is 18.8 Å². The van der Waals surface area contributed by atoms with Crippen LogP contribution in [-0.4, -0.2) is 44.8 Å². The van der Waals surface area contributed by atoms with Gasteiger partial charge in [-0.25, -0.2) is 8.42 Å². The first-order valence-corrected chi connectivity index (χ1v) is 10.4. The van der Waals surface area contributed by atoms with E-state index in [4.69, 9.17) is 0 Å². The van der Waals surface area contributed by atoms with Crippen LogP contribution in [0.15, 0.2) is 17.0 Å². The van der Waals surface area contributed by atoms with Crippen LogP contribution in [-0.2, 0) is 14.8 Å². The van der Waals surface area contributed by atoms with Crippen LogP contribution in [0.3, 0.4) is 0 Å². The lowest BCUT2D eigenvalue weighted by atomic mass is 9.97. The van der Waals surface area contributed by atoms with Gasteiger partial charge in [0.15, 0.2) is 0 Å². The van der Waals surface area contributed by atoms with E-state index < -0.39 is 10.0 Å². The molecule has 0 atom stereocenters. The Morgan fingerprint density at radius 3 is 2.31 bits per heavy atom. The summed E-state index contributed by atoms with van der Waals surface area (Å²) in [7, 11) is -3.55. The summed E-state index contributed by atoms with van der Waals surface area (Å²) in [6.07, 6.45) is 1.61. The number of nitrogens with one attached hydrogen (secondary N) is 2. The highest BCUT2D eigenvalue weighted by molar-refractivity contribution is 7.89. The normalized spacial score (nSPS) is 15.6. The number of nitrogens with zero attached hydrogens (tertiary/aromatic N) is 1. The first-order chi connectivity index (χ1) is 11.8. The Morgan fingerprint density at radius 1 is 1.19 bits per heavy atom. The van der Waals surface area contributed by atoms with Crippen molar-refractivity contribution in [2.75, 3.05) is 31.5 Å². The molecule has 1 aliphatic heterocycles. The van der Waals surface area contributed by atoms with Crippen molar-refractivity contribution >= 4 is 34.0 Å². The topological polar surface area (TPSA) is 78.5 Å². The summed E-state index contributed by atoms with van der Waals surface area (Å²) in [6, 6.07) is 3.28. The molecule has 1 aliphatic rings. The van der Waals surface area contributed by atoms with Gasteiger partial charge in [0.25, 0.3) is 0 Å². The van der Waals surface area contributed by atoms with Gasteiger partial charge in [-0.15, -0.1) is 12.4 Å². The first kappa shape index (κ1) is 22.9. The van der Waals surface area contributed by atoms with Crippen molar-refractivity contribution in [2.45, 2.75) is 45.4 Å². The van der Waals surface area contributed by atoms with Crippen molar-refractivity contribution in [3.05, 3.63) is 23.3 Å². The average Bonchev–Trinajstić information content (AvgIpc) is 2.60. The average molecular weight is 404 g/mol. The molecule has 1 saturated heterocycles. The fourth-order valence-electron chi connectivity index (χ4n) is 3.14. The number of carbonyl (C=O) groups excluding carboxylic acids is 1. The van der Waals surface area contributed by atoms with E-state index in [0.717, 1.165) is 37.1 Å². The van der Waals surface area contributed by atoms with Gasteiger partial charge in [0, 0.05) is 24.7 Å². The van der Waals surface area contributed by atoms with Crippen molar-refractivity contribution in [1.82, 2.24) is 9.62 Å². The van der Waals surface area contributed by atoms with Crippen molar-refractivity contribution < 1.29 is 13.2 Å². The molecule has 1 heterocycles. The SMILES string of the molecule is CCN(CC)S(=O)(=O)c1cc(C)c(C)c(NC(=O)C2CCNCC2)c1.Cl. The zero-order chi connectivity index (χ0) is 18.6. The molecule has 0 unspecified atom stereocenters. The lowest BCUT2D eigenvalue weighted by Gasteiger charge is -2.23. The van der Waals surface area contributed by atoms with Crippen LogP contribution in [0.1, 0.15) is 37.8 Å². The molecule has 1 amide bonds. The van der Waals surface area contributed by atoms with E-state index in [-0.39, 0.29) is 29.1 Å². The highest BCUT2D eigenvalue weighted by atomic mass is 35.5. The largest absolute Gasteiger partial charge is 0.326 e. The third kappa shape index (κ3) is 4.97. The van der Waals surface area contributed by atoms with Crippen LogP contribution >= 0.6 is 12.4 Å². The molecule has 6 nitrogen and oxygen atoms in total. The Balaban J connectivity index is 0.00000338. The van der Waals surface area contributed by atoms with Crippen molar-refractivity contribution in [3.8, 4) is 0 Å². The minimum absolute atomic E-state index is 0. The van der Waals surface area contributed by atoms with Crippen LogP contribution in [0, 0.1) is 19.8 Å². The Morgan fingerprint density at radius 2 is 1.77 bits per heavy atom. The number of hydrogen-bond acceptors (Lipinski definition) is 4. The third-order valence-electron chi connectivity index (χ3n) is 4.95. The molecule has 0 spiro atoms. The summed E-state index contributed by atoms with van der Waals surface area (Å²) >= 11 is 0. The van der Waals surface area contributed by atoms with E-state index in [1.54, 1.807) is 12.1 Å². The van der Waals surface area contributed by atoms with Crippen molar-refractivity contribution in [2.24, 2.45) is 5.92 Å². The van der Waals surface area contributed by atoms with Gasteiger partial charge in [-0.05, 0) is 63.0 Å². The van der Waals surface area contributed by atoms with Gasteiger partial charge in [0.1, 0.15) is 0 Å². The molecule has 0 radical (unpaired) electrons. The highest BCUT2D eigenvalue weighted by Gasteiger charge is 2.25. The summed E-state index contributed by atoms with van der Waals surface area (Å²) < 4.78 is 27.0. The maximum absolute atomic E-state index is 12.8. The molecule has 0 bridgehead atoms. The maximum Gasteiger partial charge on any atom is 0.243 e. The molecule has 1 fully saturated rings. The zero-order valence-electron chi connectivity index (χ0n) is 16.0.